The minimum absolute atomic E-state index is 0.00723. The van der Waals surface area contributed by atoms with Gasteiger partial charge in [0.05, 0.1) is 17.7 Å². The number of nitrogens with one attached hydrogen (secondary N) is 2. The number of alkyl halides is 5. The molecule has 2 atom stereocenters. The Hall–Kier alpha value is -3.15. The van der Waals surface area contributed by atoms with Crippen LogP contribution in [0.15, 0.2) is 36.5 Å². The molecule has 40 heavy (non-hydrogen) atoms. The van der Waals surface area contributed by atoms with Crippen molar-refractivity contribution < 1.29 is 36.3 Å². The first-order valence-electron chi connectivity index (χ1n) is 12.9. The van der Waals surface area contributed by atoms with E-state index in [1.54, 1.807) is 6.07 Å². The van der Waals surface area contributed by atoms with Crippen LogP contribution < -0.4 is 20.3 Å². The number of aromatic nitrogens is 1. The van der Waals surface area contributed by atoms with Crippen molar-refractivity contribution in [2.24, 2.45) is 0 Å². The molecule has 1 aromatic heterocycles. The zero-order chi connectivity index (χ0) is 29.7. The van der Waals surface area contributed by atoms with Gasteiger partial charge in [0, 0.05) is 29.8 Å². The molecule has 3 rings (SSSR count). The molecule has 13 heteroatoms. The molecule has 2 aromatic rings. The van der Waals surface area contributed by atoms with Crippen molar-refractivity contribution >= 4 is 29.2 Å². The smallest absolute Gasteiger partial charge is 0.420 e. The van der Waals surface area contributed by atoms with E-state index in [2.05, 4.69) is 20.5 Å². The largest absolute Gasteiger partial charge is 0.477 e. The van der Waals surface area contributed by atoms with Gasteiger partial charge in [-0.1, -0.05) is 24.9 Å². The second-order valence-corrected chi connectivity index (χ2v) is 10.5. The summed E-state index contributed by atoms with van der Waals surface area (Å²) in [5, 5.41) is 4.96. The Labute approximate surface area is 234 Å². The summed E-state index contributed by atoms with van der Waals surface area (Å²) in [5.74, 6) is -1.08. The second-order valence-electron chi connectivity index (χ2n) is 10.1. The van der Waals surface area contributed by atoms with E-state index in [1.807, 2.05) is 6.92 Å². The molecule has 2 unspecified atom stereocenters. The topological polar surface area (TPSA) is 83.6 Å². The van der Waals surface area contributed by atoms with Crippen LogP contribution in [0.25, 0.3) is 0 Å². The number of hydrogen-bond donors (Lipinski definition) is 2. The summed E-state index contributed by atoms with van der Waals surface area (Å²) in [6.07, 6.45) is -3.31. The minimum atomic E-state index is -4.71. The molecule has 1 aliphatic heterocycles. The lowest BCUT2D eigenvalue weighted by atomic mass is 9.93. The van der Waals surface area contributed by atoms with Gasteiger partial charge in [0.25, 0.3) is 18.2 Å². The number of nitrogens with zero attached hydrogens (tertiary/aromatic N) is 2. The normalized spacial score (nSPS) is 18.0. The van der Waals surface area contributed by atoms with Crippen LogP contribution in [-0.4, -0.2) is 54.0 Å². The number of benzene rings is 1. The fourth-order valence-corrected chi connectivity index (χ4v) is 4.72. The number of halogens is 6. The van der Waals surface area contributed by atoms with Gasteiger partial charge < -0.3 is 20.3 Å². The molecule has 7 nitrogen and oxygen atoms in total. The van der Waals surface area contributed by atoms with E-state index in [4.69, 9.17) is 16.3 Å². The first-order valence-corrected chi connectivity index (χ1v) is 13.2. The summed E-state index contributed by atoms with van der Waals surface area (Å²) in [4.78, 5) is 31.6. The maximum atomic E-state index is 13.5. The Bertz CT molecular complexity index is 1180. The van der Waals surface area contributed by atoms with E-state index in [0.29, 0.717) is 25.2 Å². The second kappa shape index (κ2) is 13.0. The first kappa shape index (κ1) is 31.4. The predicted molar refractivity (Wildman–Crippen MR) is 141 cm³/mol. The van der Waals surface area contributed by atoms with E-state index < -0.39 is 47.9 Å². The number of amides is 2. The summed E-state index contributed by atoms with van der Waals surface area (Å²) in [7, 11) is 0. The van der Waals surface area contributed by atoms with Gasteiger partial charge in [0.2, 0.25) is 0 Å². The van der Waals surface area contributed by atoms with Gasteiger partial charge in [-0.3, -0.25) is 9.59 Å². The Kier molecular flexibility index (Phi) is 10.2. The number of rotatable bonds is 10. The Morgan fingerprint density at radius 2 is 1.93 bits per heavy atom. The van der Waals surface area contributed by atoms with Gasteiger partial charge in [0.1, 0.15) is 11.6 Å². The quantitative estimate of drug-likeness (QED) is 0.339. The summed E-state index contributed by atoms with van der Waals surface area (Å²) in [6.45, 7) is 4.60. The van der Waals surface area contributed by atoms with Crippen LogP contribution in [0.4, 0.5) is 27.8 Å². The average Bonchev–Trinajstić information content (AvgIpc) is 2.88. The van der Waals surface area contributed by atoms with Gasteiger partial charge >= 0.3 is 6.18 Å². The molecule has 2 heterocycles. The molecule has 2 amide bonds. The summed E-state index contributed by atoms with van der Waals surface area (Å²) < 4.78 is 70.8. The van der Waals surface area contributed by atoms with E-state index in [0.717, 1.165) is 25.0 Å². The van der Waals surface area contributed by atoms with Crippen LogP contribution in [-0.2, 0) is 11.0 Å². The zero-order valence-corrected chi connectivity index (χ0v) is 23.1. The SMILES string of the molecule is CCCC1CC(NC(=O)C(C)(C)Oc2ccc(Cl)cc2C(F)(F)F)CCN1c1ccc(C(=O)NCC(F)F)cn1. The van der Waals surface area contributed by atoms with E-state index >= 15 is 0 Å². The van der Waals surface area contributed by atoms with Gasteiger partial charge in [-0.15, -0.1) is 0 Å². The van der Waals surface area contributed by atoms with Gasteiger partial charge in [-0.05, 0) is 63.4 Å². The van der Waals surface area contributed by atoms with Crippen LogP contribution in [0.5, 0.6) is 5.75 Å². The van der Waals surface area contributed by atoms with Crippen LogP contribution in [0.1, 0.15) is 62.4 Å². The maximum Gasteiger partial charge on any atom is 0.420 e. The number of piperidine rings is 1. The predicted octanol–water partition coefficient (Wildman–Crippen LogP) is 5.86. The fraction of sp³-hybridized carbons (Fsp3) is 0.519. The number of ether oxygens (including phenoxy) is 1. The first-order chi connectivity index (χ1) is 18.7. The minimum Gasteiger partial charge on any atom is -0.477 e. The lowest BCUT2D eigenvalue weighted by Crippen LogP contribution is -2.55. The van der Waals surface area contributed by atoms with Crippen molar-refractivity contribution in [2.75, 3.05) is 18.0 Å². The molecule has 2 N–H and O–H groups in total. The summed E-state index contributed by atoms with van der Waals surface area (Å²) in [6, 6.07) is 6.03. The molecule has 1 aromatic carbocycles. The summed E-state index contributed by atoms with van der Waals surface area (Å²) >= 11 is 5.74. The maximum absolute atomic E-state index is 13.5. The molecule has 0 aliphatic carbocycles. The van der Waals surface area contributed by atoms with E-state index in [-0.39, 0.29) is 22.7 Å². The lowest BCUT2D eigenvalue weighted by Gasteiger charge is -2.41. The van der Waals surface area contributed by atoms with E-state index in [9.17, 15) is 31.5 Å². The molecular weight excluding hydrogens is 559 g/mol. The standard InChI is InChI=1S/C27H32ClF5N4O3/c1-4-5-19-13-18(10-11-37(19)23-9-6-16(14-34-23)24(38)35-15-22(29)30)36-25(39)26(2,3)40-21-8-7-17(28)12-20(21)27(31,32)33/h6-9,12,14,18-19,22H,4-5,10-11,13,15H2,1-3H3,(H,35,38)(H,36,39). The van der Waals surface area contributed by atoms with Crippen LogP contribution in [0, 0.1) is 0 Å². The molecule has 220 valence electrons. The molecule has 0 radical (unpaired) electrons. The highest BCUT2D eigenvalue weighted by atomic mass is 35.5. The van der Waals surface area contributed by atoms with Crippen molar-refractivity contribution in [3.05, 3.63) is 52.7 Å². The lowest BCUT2D eigenvalue weighted by molar-refractivity contribution is -0.143. The number of carbonyl (C=O) groups is 2. The van der Waals surface area contributed by atoms with Crippen molar-refractivity contribution in [1.29, 1.82) is 0 Å². The third-order valence-corrected chi connectivity index (χ3v) is 6.79. The van der Waals surface area contributed by atoms with Crippen LogP contribution in [0.3, 0.4) is 0 Å². The fourth-order valence-electron chi connectivity index (χ4n) is 4.55. The third-order valence-electron chi connectivity index (χ3n) is 6.55. The molecule has 1 saturated heterocycles. The molecule has 0 spiro atoms. The Balaban J connectivity index is 1.66. The highest BCUT2D eigenvalue weighted by molar-refractivity contribution is 6.30. The molecule has 1 aliphatic rings. The Morgan fingerprint density at radius 3 is 2.52 bits per heavy atom. The molecule has 1 fully saturated rings. The number of anilines is 1. The van der Waals surface area contributed by atoms with E-state index in [1.165, 1.54) is 32.2 Å². The highest BCUT2D eigenvalue weighted by Crippen LogP contribution is 2.39. The monoisotopic (exact) mass is 590 g/mol. The van der Waals surface area contributed by atoms with Crippen molar-refractivity contribution in [3.63, 3.8) is 0 Å². The highest BCUT2D eigenvalue weighted by Gasteiger charge is 2.39. The van der Waals surface area contributed by atoms with Gasteiger partial charge in [-0.2, -0.15) is 13.2 Å². The molecular formula is C27H32ClF5N4O3. The molecule has 0 saturated carbocycles. The Morgan fingerprint density at radius 1 is 1.20 bits per heavy atom. The van der Waals surface area contributed by atoms with Gasteiger partial charge in [0.15, 0.2) is 5.60 Å². The summed E-state index contributed by atoms with van der Waals surface area (Å²) in [5.41, 5.74) is -2.51. The number of hydrogen-bond acceptors (Lipinski definition) is 5. The number of carbonyl (C=O) groups excluding carboxylic acids is 2. The van der Waals surface area contributed by atoms with Crippen molar-refractivity contribution in [3.8, 4) is 5.75 Å². The number of pyridine rings is 1. The van der Waals surface area contributed by atoms with Crippen molar-refractivity contribution in [1.82, 2.24) is 15.6 Å². The average molecular weight is 591 g/mol. The van der Waals surface area contributed by atoms with Gasteiger partial charge in [-0.25, -0.2) is 13.8 Å². The third kappa shape index (κ3) is 8.18. The van der Waals surface area contributed by atoms with Crippen LogP contribution >= 0.6 is 11.6 Å². The van der Waals surface area contributed by atoms with Crippen molar-refractivity contribution in [2.45, 2.75) is 76.7 Å². The molecule has 0 bridgehead atoms. The zero-order valence-electron chi connectivity index (χ0n) is 22.3. The van der Waals surface area contributed by atoms with Crippen LogP contribution in [0.2, 0.25) is 5.02 Å².